The van der Waals surface area contributed by atoms with Crippen LogP contribution in [0.5, 0.6) is 5.88 Å². The van der Waals surface area contributed by atoms with Crippen LogP contribution in [0.15, 0.2) is 16.6 Å². The summed E-state index contributed by atoms with van der Waals surface area (Å²) in [7, 11) is 0. The number of halogens is 3. The zero-order chi connectivity index (χ0) is 11.8. The molecule has 1 aliphatic rings. The van der Waals surface area contributed by atoms with Crippen molar-refractivity contribution in [3.63, 3.8) is 0 Å². The molecule has 1 aromatic rings. The summed E-state index contributed by atoms with van der Waals surface area (Å²) in [5, 5.41) is 8.70. The number of hydrogen-bond acceptors (Lipinski definition) is 3. The van der Waals surface area contributed by atoms with E-state index in [1.807, 2.05) is 6.07 Å². The van der Waals surface area contributed by atoms with E-state index in [1.165, 1.54) is 6.07 Å². The molecule has 0 radical (unpaired) electrons. The van der Waals surface area contributed by atoms with Crippen molar-refractivity contribution >= 4 is 15.9 Å². The van der Waals surface area contributed by atoms with Crippen LogP contribution in [-0.2, 0) is 0 Å². The van der Waals surface area contributed by atoms with Crippen LogP contribution in [0.4, 0.5) is 8.78 Å². The lowest BCUT2D eigenvalue weighted by molar-refractivity contribution is 0.0849. The highest BCUT2D eigenvalue weighted by atomic mass is 79.9. The van der Waals surface area contributed by atoms with Gasteiger partial charge >= 0.3 is 0 Å². The van der Waals surface area contributed by atoms with Gasteiger partial charge in [0.25, 0.3) is 5.92 Å². The summed E-state index contributed by atoms with van der Waals surface area (Å²) in [5.41, 5.74) is 0.181. The Hall–Kier alpha value is -1.22. The van der Waals surface area contributed by atoms with Gasteiger partial charge in [-0.05, 0) is 22.0 Å². The maximum atomic E-state index is 12.5. The van der Waals surface area contributed by atoms with Gasteiger partial charge in [0.05, 0.1) is 17.0 Å². The lowest BCUT2D eigenvalue weighted by atomic mass is 10.4. The summed E-state index contributed by atoms with van der Waals surface area (Å²) < 4.78 is 30.8. The Kier molecular flexibility index (Phi) is 2.80. The zero-order valence-electron chi connectivity index (χ0n) is 8.08. The second kappa shape index (κ2) is 3.98. The molecule has 0 bridgehead atoms. The molecule has 1 saturated carbocycles. The van der Waals surface area contributed by atoms with E-state index in [4.69, 9.17) is 10.00 Å². The molecule has 0 amide bonds. The van der Waals surface area contributed by atoms with Gasteiger partial charge in [0.1, 0.15) is 6.07 Å². The van der Waals surface area contributed by atoms with Gasteiger partial charge in [-0.2, -0.15) is 5.26 Å². The summed E-state index contributed by atoms with van der Waals surface area (Å²) in [6.07, 6.45) is -0.130. The van der Waals surface area contributed by atoms with E-state index in [1.54, 1.807) is 6.07 Å². The predicted octanol–water partition coefficient (Wildman–Crippen LogP) is 2.75. The largest absolute Gasteiger partial charge is 0.477 e. The standard InChI is InChI=1S/C10H7BrF2N2O/c11-7-1-2-9(15-8(7)4-14)16-5-6-3-10(6,12)13/h1-2,6H,3,5H2. The number of hydrogen-bond donors (Lipinski definition) is 0. The number of pyridine rings is 1. The number of rotatable bonds is 3. The predicted molar refractivity (Wildman–Crippen MR) is 55.2 cm³/mol. The van der Waals surface area contributed by atoms with Gasteiger partial charge in [-0.3, -0.25) is 0 Å². The Balaban J connectivity index is 1.98. The topological polar surface area (TPSA) is 45.9 Å². The van der Waals surface area contributed by atoms with Crippen molar-refractivity contribution in [2.75, 3.05) is 6.61 Å². The molecular weight excluding hydrogens is 282 g/mol. The zero-order valence-corrected chi connectivity index (χ0v) is 9.67. The number of nitriles is 1. The van der Waals surface area contributed by atoms with Crippen molar-refractivity contribution in [2.45, 2.75) is 12.3 Å². The van der Waals surface area contributed by atoms with Gasteiger partial charge in [-0.1, -0.05) is 0 Å². The van der Waals surface area contributed by atoms with Gasteiger partial charge in [0.15, 0.2) is 5.69 Å². The Morgan fingerprint density at radius 3 is 2.88 bits per heavy atom. The van der Waals surface area contributed by atoms with Crippen LogP contribution < -0.4 is 4.74 Å². The average molecular weight is 289 g/mol. The van der Waals surface area contributed by atoms with Crippen molar-refractivity contribution in [1.29, 1.82) is 5.26 Å². The maximum absolute atomic E-state index is 12.5. The normalized spacial score (nSPS) is 21.2. The molecule has 1 aromatic heterocycles. The number of alkyl halides is 2. The number of nitrogens with zero attached hydrogens (tertiary/aromatic N) is 2. The van der Waals surface area contributed by atoms with Crippen molar-refractivity contribution in [2.24, 2.45) is 5.92 Å². The first-order valence-corrected chi connectivity index (χ1v) is 5.39. The third-order valence-electron chi connectivity index (χ3n) is 2.31. The van der Waals surface area contributed by atoms with Gasteiger partial charge in [0, 0.05) is 12.5 Å². The Labute approximate surface area is 99.2 Å². The molecule has 0 aliphatic heterocycles. The quantitative estimate of drug-likeness (QED) is 0.859. The Bertz CT molecular complexity index is 459. The SMILES string of the molecule is N#Cc1nc(OCC2CC2(F)F)ccc1Br. The van der Waals surface area contributed by atoms with Crippen molar-refractivity contribution in [1.82, 2.24) is 4.98 Å². The molecule has 1 atom stereocenters. The first-order valence-electron chi connectivity index (χ1n) is 4.60. The molecule has 6 heteroatoms. The van der Waals surface area contributed by atoms with Crippen molar-refractivity contribution in [3.05, 3.63) is 22.3 Å². The van der Waals surface area contributed by atoms with Gasteiger partial charge < -0.3 is 4.74 Å². The first kappa shape index (κ1) is 11.3. The molecule has 1 heterocycles. The average Bonchev–Trinajstić information content (AvgIpc) is 2.85. The highest BCUT2D eigenvalue weighted by Crippen LogP contribution is 2.48. The fraction of sp³-hybridized carbons (Fsp3) is 0.400. The third-order valence-corrected chi connectivity index (χ3v) is 2.95. The second-order valence-electron chi connectivity index (χ2n) is 3.56. The highest BCUT2D eigenvalue weighted by molar-refractivity contribution is 9.10. The minimum Gasteiger partial charge on any atom is -0.477 e. The van der Waals surface area contributed by atoms with E-state index < -0.39 is 11.8 Å². The summed E-state index contributed by atoms with van der Waals surface area (Å²) in [4.78, 5) is 3.86. The Morgan fingerprint density at radius 2 is 2.31 bits per heavy atom. The van der Waals surface area contributed by atoms with E-state index in [-0.39, 0.29) is 24.6 Å². The minimum absolute atomic E-state index is 0.0630. The lowest BCUT2D eigenvalue weighted by Gasteiger charge is -2.04. The molecule has 1 unspecified atom stereocenters. The molecule has 0 N–H and O–H groups in total. The monoisotopic (exact) mass is 288 g/mol. The summed E-state index contributed by atoms with van der Waals surface area (Å²) in [5.74, 6) is -3.11. The fourth-order valence-corrected chi connectivity index (χ4v) is 1.53. The first-order chi connectivity index (χ1) is 7.53. The smallest absolute Gasteiger partial charge is 0.255 e. The molecule has 0 saturated heterocycles. The molecule has 0 aromatic carbocycles. The molecule has 1 fully saturated rings. The van der Waals surface area contributed by atoms with E-state index in [0.29, 0.717) is 4.47 Å². The molecule has 0 spiro atoms. The van der Waals surface area contributed by atoms with E-state index in [9.17, 15) is 8.78 Å². The molecule has 2 rings (SSSR count). The van der Waals surface area contributed by atoms with E-state index in [2.05, 4.69) is 20.9 Å². The van der Waals surface area contributed by atoms with E-state index >= 15 is 0 Å². The summed E-state index contributed by atoms with van der Waals surface area (Å²) in [6, 6.07) is 5.01. The molecular formula is C10H7BrF2N2O. The highest BCUT2D eigenvalue weighted by Gasteiger charge is 2.57. The summed E-state index contributed by atoms with van der Waals surface area (Å²) >= 11 is 3.14. The van der Waals surface area contributed by atoms with Crippen LogP contribution in [0.2, 0.25) is 0 Å². The van der Waals surface area contributed by atoms with Crippen LogP contribution in [0, 0.1) is 17.2 Å². The van der Waals surface area contributed by atoms with Crippen molar-refractivity contribution < 1.29 is 13.5 Å². The molecule has 3 nitrogen and oxygen atoms in total. The van der Waals surface area contributed by atoms with Gasteiger partial charge in [0.2, 0.25) is 5.88 Å². The fourth-order valence-electron chi connectivity index (χ4n) is 1.22. The van der Waals surface area contributed by atoms with Crippen molar-refractivity contribution in [3.8, 4) is 11.9 Å². The van der Waals surface area contributed by atoms with Gasteiger partial charge in [-0.25, -0.2) is 13.8 Å². The van der Waals surface area contributed by atoms with Crippen LogP contribution in [0.1, 0.15) is 12.1 Å². The van der Waals surface area contributed by atoms with Crippen LogP contribution in [0.25, 0.3) is 0 Å². The lowest BCUT2D eigenvalue weighted by Crippen LogP contribution is -2.06. The maximum Gasteiger partial charge on any atom is 0.255 e. The number of ether oxygens (including phenoxy) is 1. The number of aromatic nitrogens is 1. The molecule has 16 heavy (non-hydrogen) atoms. The van der Waals surface area contributed by atoms with Crippen LogP contribution >= 0.6 is 15.9 Å². The van der Waals surface area contributed by atoms with Gasteiger partial charge in [-0.15, -0.1) is 0 Å². The third kappa shape index (κ3) is 2.30. The second-order valence-corrected chi connectivity index (χ2v) is 4.42. The Morgan fingerprint density at radius 1 is 1.62 bits per heavy atom. The summed E-state index contributed by atoms with van der Waals surface area (Å²) in [6.45, 7) is -0.0630. The van der Waals surface area contributed by atoms with Crippen LogP contribution in [-0.4, -0.2) is 17.5 Å². The van der Waals surface area contributed by atoms with Crippen LogP contribution in [0.3, 0.4) is 0 Å². The molecule has 1 aliphatic carbocycles. The molecule has 84 valence electrons. The van der Waals surface area contributed by atoms with E-state index in [0.717, 1.165) is 0 Å². The minimum atomic E-state index is -2.59.